The lowest BCUT2D eigenvalue weighted by Crippen LogP contribution is -1.99. The maximum absolute atomic E-state index is 5.68. The second-order valence-corrected chi connectivity index (χ2v) is 3.38. The summed E-state index contributed by atoms with van der Waals surface area (Å²) in [5.41, 5.74) is 8.92. The van der Waals surface area contributed by atoms with Gasteiger partial charge in [0.25, 0.3) is 0 Å². The Labute approximate surface area is 89.0 Å². The minimum absolute atomic E-state index is 0.532. The first-order valence-electron chi connectivity index (χ1n) is 4.88. The molecule has 3 nitrogen and oxygen atoms in total. The Bertz CT molecular complexity index is 449. The lowest BCUT2D eigenvalue weighted by atomic mass is 10.0. The molecule has 0 saturated carbocycles. The predicted octanol–water partition coefficient (Wildman–Crippen LogP) is 1.91. The molecule has 15 heavy (non-hydrogen) atoms. The van der Waals surface area contributed by atoms with Crippen LogP contribution in [0.4, 0.5) is 0 Å². The number of hydrogen-bond acceptors (Lipinski definition) is 3. The number of nitrogens with two attached hydrogens (primary N) is 1. The van der Waals surface area contributed by atoms with Crippen LogP contribution in [0.1, 0.15) is 11.4 Å². The minimum atomic E-state index is 0.532. The zero-order valence-corrected chi connectivity index (χ0v) is 8.64. The minimum Gasteiger partial charge on any atom is -0.326 e. The zero-order chi connectivity index (χ0) is 10.7. The molecule has 0 radical (unpaired) electrons. The Morgan fingerprint density at radius 2 is 1.80 bits per heavy atom. The number of aromatic nitrogens is 2. The van der Waals surface area contributed by atoms with Crippen molar-refractivity contribution in [1.29, 1.82) is 0 Å². The summed E-state index contributed by atoms with van der Waals surface area (Å²) in [7, 11) is 0. The van der Waals surface area contributed by atoms with Gasteiger partial charge in [0.05, 0.1) is 0 Å². The third-order valence-electron chi connectivity index (χ3n) is 2.33. The fourth-order valence-corrected chi connectivity index (χ4v) is 1.51. The number of nitrogens with zero attached hydrogens (tertiary/aromatic N) is 2. The average Bonchev–Trinajstić information content (AvgIpc) is 2.30. The predicted molar refractivity (Wildman–Crippen MR) is 60.1 cm³/mol. The average molecular weight is 199 g/mol. The fourth-order valence-electron chi connectivity index (χ4n) is 1.51. The van der Waals surface area contributed by atoms with Crippen LogP contribution in [0, 0.1) is 6.92 Å². The van der Waals surface area contributed by atoms with Crippen LogP contribution in [0.2, 0.25) is 0 Å². The summed E-state index contributed by atoms with van der Waals surface area (Å²) in [6.45, 7) is 2.41. The molecule has 0 saturated heterocycles. The third kappa shape index (κ3) is 2.02. The van der Waals surface area contributed by atoms with E-state index in [0.717, 1.165) is 22.5 Å². The van der Waals surface area contributed by atoms with Crippen molar-refractivity contribution in [3.63, 3.8) is 0 Å². The summed E-state index contributed by atoms with van der Waals surface area (Å²) in [6, 6.07) is 8.04. The van der Waals surface area contributed by atoms with E-state index < -0.39 is 0 Å². The highest BCUT2D eigenvalue weighted by atomic mass is 14.8. The van der Waals surface area contributed by atoms with Crippen LogP contribution < -0.4 is 5.73 Å². The third-order valence-corrected chi connectivity index (χ3v) is 2.33. The molecule has 0 atom stereocenters. The number of benzene rings is 1. The van der Waals surface area contributed by atoms with Crippen LogP contribution in [0.3, 0.4) is 0 Å². The van der Waals surface area contributed by atoms with Crippen LogP contribution in [-0.2, 0) is 6.54 Å². The second kappa shape index (κ2) is 4.19. The molecular weight excluding hydrogens is 186 g/mol. The molecule has 0 bridgehead atoms. The lowest BCUT2D eigenvalue weighted by molar-refractivity contribution is 1.04. The summed E-state index contributed by atoms with van der Waals surface area (Å²) in [5, 5.41) is 0. The molecule has 1 aromatic carbocycles. The van der Waals surface area contributed by atoms with E-state index >= 15 is 0 Å². The van der Waals surface area contributed by atoms with Crippen LogP contribution in [0.25, 0.3) is 11.1 Å². The standard InChI is InChI=1S/C12H13N3/c1-9-14-7-11(8-15-9)12-5-3-2-4-10(12)6-13/h2-5,7-8H,6,13H2,1H3. The highest BCUT2D eigenvalue weighted by molar-refractivity contribution is 5.65. The summed E-state index contributed by atoms with van der Waals surface area (Å²) in [4.78, 5) is 8.36. The molecule has 2 N–H and O–H groups in total. The molecule has 76 valence electrons. The van der Waals surface area contributed by atoms with Crippen LogP contribution >= 0.6 is 0 Å². The monoisotopic (exact) mass is 199 g/mol. The van der Waals surface area contributed by atoms with Gasteiger partial charge in [-0.1, -0.05) is 24.3 Å². The maximum atomic E-state index is 5.68. The molecule has 0 aliphatic carbocycles. The zero-order valence-electron chi connectivity index (χ0n) is 8.64. The van der Waals surface area contributed by atoms with E-state index in [9.17, 15) is 0 Å². The van der Waals surface area contributed by atoms with Gasteiger partial charge in [0, 0.05) is 24.5 Å². The molecule has 0 aliphatic heterocycles. The molecule has 2 aromatic rings. The van der Waals surface area contributed by atoms with E-state index in [1.54, 1.807) is 0 Å². The highest BCUT2D eigenvalue weighted by Gasteiger charge is 2.03. The SMILES string of the molecule is Cc1ncc(-c2ccccc2CN)cn1. The molecular formula is C12H13N3. The maximum Gasteiger partial charge on any atom is 0.125 e. The topological polar surface area (TPSA) is 51.8 Å². The van der Waals surface area contributed by atoms with E-state index in [4.69, 9.17) is 5.73 Å². The van der Waals surface area contributed by atoms with Gasteiger partial charge in [0.1, 0.15) is 5.82 Å². The Kier molecular flexibility index (Phi) is 2.74. The van der Waals surface area contributed by atoms with Gasteiger partial charge in [0.2, 0.25) is 0 Å². The van der Waals surface area contributed by atoms with Gasteiger partial charge in [-0.25, -0.2) is 9.97 Å². The normalized spacial score (nSPS) is 10.3. The highest BCUT2D eigenvalue weighted by Crippen LogP contribution is 2.21. The van der Waals surface area contributed by atoms with Crippen molar-refractivity contribution >= 4 is 0 Å². The van der Waals surface area contributed by atoms with Crippen LogP contribution in [0.5, 0.6) is 0 Å². The molecule has 0 spiro atoms. The fraction of sp³-hybridized carbons (Fsp3) is 0.167. The Morgan fingerprint density at radius 1 is 1.13 bits per heavy atom. The summed E-state index contributed by atoms with van der Waals surface area (Å²) >= 11 is 0. The van der Waals surface area contributed by atoms with Gasteiger partial charge >= 0.3 is 0 Å². The van der Waals surface area contributed by atoms with Crippen molar-refractivity contribution in [3.8, 4) is 11.1 Å². The first-order chi connectivity index (χ1) is 7.31. The van der Waals surface area contributed by atoms with Gasteiger partial charge in [0.15, 0.2) is 0 Å². The Morgan fingerprint density at radius 3 is 2.47 bits per heavy atom. The smallest absolute Gasteiger partial charge is 0.125 e. The number of aryl methyl sites for hydroxylation is 1. The van der Waals surface area contributed by atoms with Gasteiger partial charge in [-0.05, 0) is 18.1 Å². The van der Waals surface area contributed by atoms with E-state index in [-0.39, 0.29) is 0 Å². The van der Waals surface area contributed by atoms with Gasteiger partial charge in [-0.15, -0.1) is 0 Å². The molecule has 1 aromatic heterocycles. The van der Waals surface area contributed by atoms with Crippen molar-refractivity contribution in [3.05, 3.63) is 48.0 Å². The molecule has 1 heterocycles. The van der Waals surface area contributed by atoms with Gasteiger partial charge < -0.3 is 5.73 Å². The van der Waals surface area contributed by atoms with Crippen molar-refractivity contribution in [2.24, 2.45) is 5.73 Å². The number of hydrogen-bond donors (Lipinski definition) is 1. The van der Waals surface area contributed by atoms with Crippen LogP contribution in [-0.4, -0.2) is 9.97 Å². The van der Waals surface area contributed by atoms with Gasteiger partial charge in [-0.3, -0.25) is 0 Å². The quantitative estimate of drug-likeness (QED) is 0.803. The Hall–Kier alpha value is -1.74. The molecule has 0 unspecified atom stereocenters. The summed E-state index contributed by atoms with van der Waals surface area (Å²) in [6.07, 6.45) is 3.66. The second-order valence-electron chi connectivity index (χ2n) is 3.38. The molecule has 0 fully saturated rings. The van der Waals surface area contributed by atoms with Crippen molar-refractivity contribution < 1.29 is 0 Å². The summed E-state index contributed by atoms with van der Waals surface area (Å²) in [5.74, 6) is 0.781. The molecule has 0 aliphatic rings. The van der Waals surface area contributed by atoms with E-state index in [1.165, 1.54) is 0 Å². The van der Waals surface area contributed by atoms with Gasteiger partial charge in [-0.2, -0.15) is 0 Å². The largest absolute Gasteiger partial charge is 0.326 e. The first-order valence-corrected chi connectivity index (χ1v) is 4.88. The lowest BCUT2D eigenvalue weighted by Gasteiger charge is -2.06. The van der Waals surface area contributed by atoms with E-state index in [0.29, 0.717) is 6.54 Å². The van der Waals surface area contributed by atoms with E-state index in [2.05, 4.69) is 9.97 Å². The Balaban J connectivity index is 2.49. The van der Waals surface area contributed by atoms with Crippen molar-refractivity contribution in [2.45, 2.75) is 13.5 Å². The molecule has 2 rings (SSSR count). The van der Waals surface area contributed by atoms with Crippen molar-refractivity contribution in [1.82, 2.24) is 9.97 Å². The molecule has 0 amide bonds. The van der Waals surface area contributed by atoms with E-state index in [1.807, 2.05) is 43.6 Å². The van der Waals surface area contributed by atoms with Crippen LogP contribution in [0.15, 0.2) is 36.7 Å². The van der Waals surface area contributed by atoms with Crippen molar-refractivity contribution in [2.75, 3.05) is 0 Å². The molecule has 3 heteroatoms. The number of rotatable bonds is 2. The first kappa shape index (κ1) is 9.80. The summed E-state index contributed by atoms with van der Waals surface area (Å²) < 4.78 is 0.